The van der Waals surface area contributed by atoms with E-state index in [1.807, 2.05) is 19.9 Å². The van der Waals surface area contributed by atoms with Crippen molar-refractivity contribution in [1.82, 2.24) is 4.98 Å². The van der Waals surface area contributed by atoms with Crippen LogP contribution in [0.5, 0.6) is 0 Å². The van der Waals surface area contributed by atoms with Gasteiger partial charge in [-0.15, -0.1) is 0 Å². The molecule has 2 unspecified atom stereocenters. The molecule has 0 aromatic carbocycles. The van der Waals surface area contributed by atoms with Crippen molar-refractivity contribution in [3.63, 3.8) is 0 Å². The molecule has 8 fully saturated rings. The van der Waals surface area contributed by atoms with E-state index in [0.717, 1.165) is 5.57 Å². The van der Waals surface area contributed by atoms with Gasteiger partial charge in [0.05, 0.1) is 66.4 Å². The number of rotatable bonds is 19. The van der Waals surface area contributed by atoms with Crippen molar-refractivity contribution in [3.05, 3.63) is 41.7 Å². The summed E-state index contributed by atoms with van der Waals surface area (Å²) in [5, 5.41) is 91.6. The first kappa shape index (κ1) is 69.8. The number of methoxy groups -OCH3 is 4. The molecule has 4 aliphatic carbocycles. The summed E-state index contributed by atoms with van der Waals surface area (Å²) in [6.45, 7) is 13.1. The van der Waals surface area contributed by atoms with Gasteiger partial charge in [0.2, 0.25) is 0 Å². The summed E-state index contributed by atoms with van der Waals surface area (Å²) in [4.78, 5) is 30.3. The van der Waals surface area contributed by atoms with Crippen LogP contribution < -0.4 is 0 Å². The van der Waals surface area contributed by atoms with E-state index in [1.165, 1.54) is 33.5 Å². The molecule has 1 aromatic heterocycles. The zero-order valence-electron chi connectivity index (χ0n) is 53.5. The van der Waals surface area contributed by atoms with Crippen LogP contribution in [-0.4, -0.2) is 263 Å². The first-order chi connectivity index (χ1) is 42.6. The molecule has 9 aliphatic rings. The van der Waals surface area contributed by atoms with Gasteiger partial charge < -0.3 is 117 Å². The zero-order valence-corrected chi connectivity index (χ0v) is 53.5. The summed E-state index contributed by atoms with van der Waals surface area (Å²) < 4.78 is 99.4. The molecule has 5 saturated heterocycles. The second-order valence-corrected chi connectivity index (χ2v) is 26.8. The predicted molar refractivity (Wildman–Crippen MR) is 308 cm³/mol. The van der Waals surface area contributed by atoms with E-state index in [-0.39, 0.29) is 50.2 Å². The van der Waals surface area contributed by atoms with Crippen molar-refractivity contribution in [2.75, 3.05) is 35.0 Å². The van der Waals surface area contributed by atoms with E-state index in [4.69, 9.17) is 75.8 Å². The minimum Gasteiger partial charge on any atom is -0.460 e. The Balaban J connectivity index is 0.735. The molecule has 1 aromatic rings. The molecule has 3 saturated carbocycles. The van der Waals surface area contributed by atoms with E-state index < -0.39 is 200 Å². The number of fused-ring (bicyclic) bond motifs is 5. The van der Waals surface area contributed by atoms with Crippen molar-refractivity contribution in [2.24, 2.45) is 16.7 Å². The maximum atomic E-state index is 13.9. The summed E-state index contributed by atoms with van der Waals surface area (Å²) in [5.74, 6) is -1.94. The largest absolute Gasteiger partial charge is 0.460 e. The quantitative estimate of drug-likeness (QED) is 0.0716. The van der Waals surface area contributed by atoms with Crippen molar-refractivity contribution >= 4 is 11.9 Å². The Kier molecular flexibility index (Phi) is 21.4. The topological polar surface area (TPSA) is 357 Å². The van der Waals surface area contributed by atoms with Crippen LogP contribution in [0.3, 0.4) is 0 Å². The van der Waals surface area contributed by atoms with Gasteiger partial charge in [-0.2, -0.15) is 0 Å². The first-order valence-corrected chi connectivity index (χ1v) is 31.8. The fourth-order valence-corrected chi connectivity index (χ4v) is 16.8. The molecule has 0 bridgehead atoms. The minimum atomic E-state index is -1.99. The van der Waals surface area contributed by atoms with Crippen LogP contribution in [0.25, 0.3) is 0 Å². The molecule has 8 N–H and O–H groups in total. The molecule has 5 aliphatic heterocycles. The van der Waals surface area contributed by atoms with Crippen LogP contribution in [0.15, 0.2) is 36.2 Å². The van der Waals surface area contributed by atoms with E-state index in [2.05, 4.69) is 11.9 Å². The van der Waals surface area contributed by atoms with Crippen LogP contribution in [0.2, 0.25) is 0 Å². The number of hydrogen-bond donors (Lipinski definition) is 8. The van der Waals surface area contributed by atoms with Gasteiger partial charge in [0.1, 0.15) is 90.1 Å². The molecule has 0 radical (unpaired) electrons. The molecule has 0 amide bonds. The number of aromatic nitrogens is 1. The van der Waals surface area contributed by atoms with Crippen LogP contribution >= 0.6 is 0 Å². The molecule has 90 heavy (non-hydrogen) atoms. The Morgan fingerprint density at radius 2 is 1.22 bits per heavy atom. The lowest BCUT2D eigenvalue weighted by molar-refractivity contribution is -0.374. The maximum Gasteiger partial charge on any atom is 0.339 e. The van der Waals surface area contributed by atoms with E-state index in [1.54, 1.807) is 54.0 Å². The van der Waals surface area contributed by atoms with E-state index >= 15 is 0 Å². The number of hydrogen-bond acceptors (Lipinski definition) is 27. The monoisotopic (exact) mass is 1280 g/mol. The molecule has 6 heterocycles. The van der Waals surface area contributed by atoms with Crippen LogP contribution in [-0.2, 0) is 80.6 Å². The van der Waals surface area contributed by atoms with Crippen LogP contribution in [0.1, 0.15) is 130 Å². The molecule has 510 valence electrons. The number of aliphatic hydroxyl groups is 8. The van der Waals surface area contributed by atoms with Gasteiger partial charge in [-0.1, -0.05) is 25.5 Å². The summed E-state index contributed by atoms with van der Waals surface area (Å²) in [5.41, 5.74) is -6.79. The van der Waals surface area contributed by atoms with Gasteiger partial charge in [0.15, 0.2) is 31.5 Å². The Morgan fingerprint density at radius 3 is 1.77 bits per heavy atom. The minimum absolute atomic E-state index is 0.0292. The van der Waals surface area contributed by atoms with Gasteiger partial charge >= 0.3 is 11.9 Å². The van der Waals surface area contributed by atoms with Crippen molar-refractivity contribution in [3.8, 4) is 0 Å². The van der Waals surface area contributed by atoms with Crippen LogP contribution in [0.4, 0.5) is 0 Å². The second-order valence-electron chi connectivity index (χ2n) is 26.8. The Morgan fingerprint density at radius 1 is 0.667 bits per heavy atom. The normalized spacial score (nSPS) is 49.1. The standard InChI is InChI=1S/C63H97NO26/c1-29-51(87-45-24-39(76-10)52(30(2)80-45)88-46-25-40(77-11)53(31(3)81-46)89-58-50(70)55(78-12)54(32(4)82-58)90-57-49(69)48(68)47(67)41(28-65)85-57)38(75-9)23-44(79-29)84-37-16-17-59(7)36(22-37)15-18-62(73)42(59)26-43(86-56(71)35-14-13-21-64-27-35)60(8)61(72,19-20-63(60,62)74)33(5)83-34(6)66/h13-15,21,27,29-33,37-55,57-58,65,67-70,72-74H,16-20,22-26,28H2,1-12H3/t29-,30-,31-,32-,33?,37+,38+,39+,40-,41-,42-,43?,44+,45+,46+,47-,48+,49-,50-,51-,52-,53-,54-,55+,57+,58+,59+,60-,61+,62+,63-/m1/s1. The van der Waals surface area contributed by atoms with E-state index in [0.29, 0.717) is 25.7 Å². The molecule has 10 rings (SSSR count). The molecule has 27 nitrogen and oxygen atoms in total. The molecular weight excluding hydrogens is 1190 g/mol. The fraction of sp³-hybridized carbons (Fsp3) is 0.857. The Bertz CT molecular complexity index is 2630. The Hall–Kier alpha value is -3.05. The third kappa shape index (κ3) is 12.5. The first-order valence-electron chi connectivity index (χ1n) is 31.8. The number of ether oxygens (including phenoxy) is 16. The van der Waals surface area contributed by atoms with Crippen molar-refractivity contribution < 1.29 is 126 Å². The lowest BCUT2D eigenvalue weighted by Gasteiger charge is -2.67. The van der Waals surface area contributed by atoms with Gasteiger partial charge in [0.25, 0.3) is 0 Å². The predicted octanol–water partition coefficient (Wildman–Crippen LogP) is 1.39. The van der Waals surface area contributed by atoms with Gasteiger partial charge in [-0.25, -0.2) is 4.79 Å². The molecular formula is C63H97NO26. The third-order valence-corrected chi connectivity index (χ3v) is 22.0. The highest BCUT2D eigenvalue weighted by Gasteiger charge is 2.81. The SMILES string of the molecule is CO[C@H]1[C@@H](O)[C@H](O[C@@H]2[C@@H](C)O[C@@H](O[C@H]3[C@@H](OC)C[C@H](O[C@H]4[C@@H](OC)C[C@H](O[C@H]5CC[C@@]6(C)C(=CC[C@]7(O)[C@@H]6CC(OC(=O)c6cccnc6)[C@@]6(C)[C@]7(O)CC[C@]6(O)C(C)OC(C)=O)C5)O[C@@H]4C)O[C@@H]3C)C[C@H]2OC)O[C@H](C)[C@H]1O[C@@H]1O[C@H](CO)[C@@H](O)[C@H](O)[C@H]1O. The fourth-order valence-electron chi connectivity index (χ4n) is 16.8. The molecule has 0 spiro atoms. The average Bonchev–Trinajstić information content (AvgIpc) is 1.35. The number of esters is 2. The highest BCUT2D eigenvalue weighted by atomic mass is 16.8. The van der Waals surface area contributed by atoms with E-state index in [9.17, 15) is 50.4 Å². The van der Waals surface area contributed by atoms with Gasteiger partial charge in [-0.3, -0.25) is 9.78 Å². The Labute approximate surface area is 525 Å². The van der Waals surface area contributed by atoms with Crippen molar-refractivity contribution in [1.29, 1.82) is 0 Å². The highest BCUT2D eigenvalue weighted by Crippen LogP contribution is 2.71. The lowest BCUT2D eigenvalue weighted by atomic mass is 9.42. The summed E-state index contributed by atoms with van der Waals surface area (Å²) in [6.07, 6.45) is -15.8. The number of nitrogens with zero attached hydrogens (tertiary/aromatic N) is 1. The van der Waals surface area contributed by atoms with Gasteiger partial charge in [-0.05, 0) is 97.1 Å². The second kappa shape index (κ2) is 27.6. The maximum absolute atomic E-state index is 13.9. The number of aliphatic hydroxyl groups excluding tert-OH is 5. The highest BCUT2D eigenvalue weighted by molar-refractivity contribution is 5.89. The summed E-state index contributed by atoms with van der Waals surface area (Å²) in [6, 6.07) is 3.19. The number of carbonyl (C=O) groups excluding carboxylic acids is 2. The lowest BCUT2D eigenvalue weighted by Crippen LogP contribution is -2.78. The summed E-state index contributed by atoms with van der Waals surface area (Å²) >= 11 is 0. The van der Waals surface area contributed by atoms with Crippen molar-refractivity contribution in [2.45, 2.75) is 290 Å². The zero-order chi connectivity index (χ0) is 65.2. The number of pyridine rings is 1. The average molecular weight is 1280 g/mol. The smallest absolute Gasteiger partial charge is 0.339 e. The molecule has 31 atom stereocenters. The third-order valence-electron chi connectivity index (χ3n) is 22.0. The van der Waals surface area contributed by atoms with Crippen LogP contribution in [0, 0.1) is 16.7 Å². The molecule has 27 heteroatoms. The van der Waals surface area contributed by atoms with Gasteiger partial charge in [0, 0.05) is 72.9 Å². The summed E-state index contributed by atoms with van der Waals surface area (Å²) in [7, 11) is 6.09. The number of carbonyl (C=O) groups is 2.